The molecular weight excluding hydrogens is 181 g/mol. The number of nitrogens with zero attached hydrogens (tertiary/aromatic N) is 2. The molecule has 2 aromatic rings. The zero-order chi connectivity index (χ0) is 9.80. The first kappa shape index (κ1) is 8.62. The van der Waals surface area contributed by atoms with Gasteiger partial charge in [-0.1, -0.05) is 6.07 Å². The summed E-state index contributed by atoms with van der Waals surface area (Å²) in [7, 11) is 0. The maximum absolute atomic E-state index is 12.8. The molecule has 0 unspecified atom stereocenters. The minimum absolute atomic E-state index is 0.286. The van der Waals surface area contributed by atoms with Gasteiger partial charge in [-0.05, 0) is 24.3 Å². The van der Waals surface area contributed by atoms with Crippen LogP contribution < -0.4 is 5.32 Å². The Bertz CT molecular complexity index is 417. The normalized spacial score (nSPS) is 9.79. The molecule has 0 saturated carbocycles. The van der Waals surface area contributed by atoms with Crippen molar-refractivity contribution in [1.29, 1.82) is 0 Å². The average Bonchev–Trinajstić information content (AvgIpc) is 2.19. The average molecular weight is 189 g/mol. The van der Waals surface area contributed by atoms with Gasteiger partial charge in [0.05, 0.1) is 0 Å². The van der Waals surface area contributed by atoms with E-state index in [4.69, 9.17) is 0 Å². The monoisotopic (exact) mass is 189 g/mol. The lowest BCUT2D eigenvalue weighted by molar-refractivity contribution is 0.628. The van der Waals surface area contributed by atoms with Crippen LogP contribution in [0.5, 0.6) is 0 Å². The Kier molecular flexibility index (Phi) is 2.36. The van der Waals surface area contributed by atoms with Crippen LogP contribution in [0, 0.1) is 5.82 Å². The second-order valence-corrected chi connectivity index (χ2v) is 2.71. The molecular formula is C10H8FN3. The Labute approximate surface area is 80.6 Å². The number of halogens is 1. The third-order valence-corrected chi connectivity index (χ3v) is 1.65. The smallest absolute Gasteiger partial charge is 0.227 e. The van der Waals surface area contributed by atoms with Crippen LogP contribution in [-0.2, 0) is 0 Å². The van der Waals surface area contributed by atoms with Crippen molar-refractivity contribution in [3.63, 3.8) is 0 Å². The van der Waals surface area contributed by atoms with Crippen LogP contribution in [-0.4, -0.2) is 9.97 Å². The van der Waals surface area contributed by atoms with Gasteiger partial charge in [0.15, 0.2) is 0 Å². The van der Waals surface area contributed by atoms with E-state index in [-0.39, 0.29) is 5.82 Å². The number of anilines is 2. The highest BCUT2D eigenvalue weighted by Gasteiger charge is 1.96. The molecule has 1 aromatic heterocycles. The van der Waals surface area contributed by atoms with Crippen LogP contribution in [0.2, 0.25) is 0 Å². The fourth-order valence-corrected chi connectivity index (χ4v) is 1.06. The molecule has 1 N–H and O–H groups in total. The van der Waals surface area contributed by atoms with Crippen molar-refractivity contribution >= 4 is 11.6 Å². The number of rotatable bonds is 2. The molecule has 3 nitrogen and oxygen atoms in total. The highest BCUT2D eigenvalue weighted by molar-refractivity contribution is 5.52. The van der Waals surface area contributed by atoms with Crippen molar-refractivity contribution < 1.29 is 4.39 Å². The lowest BCUT2D eigenvalue weighted by atomic mass is 10.3. The van der Waals surface area contributed by atoms with Crippen molar-refractivity contribution in [2.45, 2.75) is 0 Å². The number of hydrogen-bond donors (Lipinski definition) is 1. The Balaban J connectivity index is 2.19. The maximum atomic E-state index is 12.8. The van der Waals surface area contributed by atoms with Crippen molar-refractivity contribution in [2.75, 3.05) is 5.32 Å². The van der Waals surface area contributed by atoms with Crippen molar-refractivity contribution in [3.05, 3.63) is 48.5 Å². The van der Waals surface area contributed by atoms with Gasteiger partial charge < -0.3 is 5.32 Å². The summed E-state index contributed by atoms with van der Waals surface area (Å²) in [5.41, 5.74) is 0.635. The molecule has 1 heterocycles. The molecule has 70 valence electrons. The lowest BCUT2D eigenvalue weighted by Gasteiger charge is -2.02. The van der Waals surface area contributed by atoms with Gasteiger partial charge in [0.2, 0.25) is 5.95 Å². The second-order valence-electron chi connectivity index (χ2n) is 2.71. The van der Waals surface area contributed by atoms with Crippen LogP contribution in [0.15, 0.2) is 42.7 Å². The van der Waals surface area contributed by atoms with E-state index in [0.29, 0.717) is 11.6 Å². The number of hydrogen-bond acceptors (Lipinski definition) is 3. The van der Waals surface area contributed by atoms with Gasteiger partial charge in [-0.25, -0.2) is 14.4 Å². The Morgan fingerprint density at radius 2 is 1.86 bits per heavy atom. The van der Waals surface area contributed by atoms with Crippen LogP contribution in [0.25, 0.3) is 0 Å². The molecule has 0 atom stereocenters. The third kappa shape index (κ3) is 2.04. The number of aromatic nitrogens is 2. The van der Waals surface area contributed by atoms with Crippen molar-refractivity contribution in [2.24, 2.45) is 0 Å². The van der Waals surface area contributed by atoms with Crippen molar-refractivity contribution in [3.8, 4) is 0 Å². The Hall–Kier alpha value is -1.97. The highest BCUT2D eigenvalue weighted by atomic mass is 19.1. The molecule has 1 aromatic carbocycles. The van der Waals surface area contributed by atoms with Crippen LogP contribution in [0.1, 0.15) is 0 Å². The fourth-order valence-electron chi connectivity index (χ4n) is 1.06. The minimum atomic E-state index is -0.286. The van der Waals surface area contributed by atoms with Gasteiger partial charge >= 0.3 is 0 Å². The first-order chi connectivity index (χ1) is 6.84. The summed E-state index contributed by atoms with van der Waals surface area (Å²) in [5, 5.41) is 2.88. The van der Waals surface area contributed by atoms with E-state index in [9.17, 15) is 4.39 Å². The summed E-state index contributed by atoms with van der Waals surface area (Å²) in [6.45, 7) is 0. The molecule has 0 aliphatic heterocycles. The van der Waals surface area contributed by atoms with Gasteiger partial charge in [-0.2, -0.15) is 0 Å². The molecule has 0 bridgehead atoms. The van der Waals surface area contributed by atoms with E-state index in [2.05, 4.69) is 15.3 Å². The molecule has 0 spiro atoms. The molecule has 0 aliphatic carbocycles. The maximum Gasteiger partial charge on any atom is 0.227 e. The van der Waals surface area contributed by atoms with Crippen LogP contribution in [0.3, 0.4) is 0 Å². The third-order valence-electron chi connectivity index (χ3n) is 1.65. The van der Waals surface area contributed by atoms with E-state index in [0.717, 1.165) is 0 Å². The second kappa shape index (κ2) is 3.83. The minimum Gasteiger partial charge on any atom is -0.324 e. The predicted octanol–water partition coefficient (Wildman–Crippen LogP) is 2.36. The van der Waals surface area contributed by atoms with Crippen LogP contribution >= 0.6 is 0 Å². The molecule has 0 amide bonds. The summed E-state index contributed by atoms with van der Waals surface area (Å²) in [6.07, 6.45) is 3.24. The first-order valence-electron chi connectivity index (χ1n) is 4.14. The quantitative estimate of drug-likeness (QED) is 0.788. The summed E-state index contributed by atoms with van der Waals surface area (Å²) in [6, 6.07) is 7.87. The molecule has 14 heavy (non-hydrogen) atoms. The number of benzene rings is 1. The molecule has 0 radical (unpaired) electrons. The summed E-state index contributed by atoms with van der Waals surface area (Å²) in [4.78, 5) is 7.92. The molecule has 0 fully saturated rings. The zero-order valence-corrected chi connectivity index (χ0v) is 7.31. The molecule has 0 saturated heterocycles. The Morgan fingerprint density at radius 3 is 2.57 bits per heavy atom. The summed E-state index contributed by atoms with van der Waals surface area (Å²) in [5.74, 6) is 0.170. The van der Waals surface area contributed by atoms with Gasteiger partial charge in [0.25, 0.3) is 0 Å². The standard InChI is InChI=1S/C10H8FN3/c11-8-3-1-4-9(7-8)14-10-12-5-2-6-13-10/h1-7H,(H,12,13,14). The van der Waals surface area contributed by atoms with E-state index < -0.39 is 0 Å². The Morgan fingerprint density at radius 1 is 1.07 bits per heavy atom. The lowest BCUT2D eigenvalue weighted by Crippen LogP contribution is -1.95. The first-order valence-corrected chi connectivity index (χ1v) is 4.14. The largest absolute Gasteiger partial charge is 0.324 e. The summed E-state index contributed by atoms with van der Waals surface area (Å²) < 4.78 is 12.8. The van der Waals surface area contributed by atoms with E-state index in [1.165, 1.54) is 12.1 Å². The number of nitrogens with one attached hydrogen (secondary N) is 1. The summed E-state index contributed by atoms with van der Waals surface area (Å²) >= 11 is 0. The predicted molar refractivity (Wildman–Crippen MR) is 51.7 cm³/mol. The fraction of sp³-hybridized carbons (Fsp3) is 0. The highest BCUT2D eigenvalue weighted by Crippen LogP contribution is 2.12. The van der Waals surface area contributed by atoms with Crippen molar-refractivity contribution in [1.82, 2.24) is 9.97 Å². The van der Waals surface area contributed by atoms with E-state index in [1.807, 2.05) is 0 Å². The zero-order valence-electron chi connectivity index (χ0n) is 7.31. The topological polar surface area (TPSA) is 37.8 Å². The SMILES string of the molecule is Fc1cccc(Nc2ncccn2)c1. The van der Waals surface area contributed by atoms with Gasteiger partial charge in [0.1, 0.15) is 5.82 Å². The molecule has 0 aliphatic rings. The van der Waals surface area contributed by atoms with E-state index >= 15 is 0 Å². The molecule has 4 heteroatoms. The molecule has 2 rings (SSSR count). The van der Waals surface area contributed by atoms with Gasteiger partial charge in [-0.3, -0.25) is 0 Å². The van der Waals surface area contributed by atoms with Crippen LogP contribution in [0.4, 0.5) is 16.0 Å². The van der Waals surface area contributed by atoms with Gasteiger partial charge in [-0.15, -0.1) is 0 Å². The van der Waals surface area contributed by atoms with Gasteiger partial charge in [0, 0.05) is 18.1 Å². The van der Waals surface area contributed by atoms with E-state index in [1.54, 1.807) is 30.6 Å².